The Kier molecular flexibility index (Phi) is 2.02. The number of carbonyl (C=O) groups excluding carboxylic acids is 1. The molecule has 72 valence electrons. The van der Waals surface area contributed by atoms with E-state index in [1.165, 1.54) is 0 Å². The molecule has 0 bridgehead atoms. The minimum atomic E-state index is -0.407. The Bertz CT molecular complexity index is 257. The third-order valence-electron chi connectivity index (χ3n) is 2.83. The topological polar surface area (TPSA) is 35.5 Å². The number of allylic oxidation sites excluding steroid dienone is 1. The molecule has 3 heteroatoms. The van der Waals surface area contributed by atoms with Crippen molar-refractivity contribution in [3.63, 3.8) is 0 Å². The van der Waals surface area contributed by atoms with Crippen molar-refractivity contribution in [2.24, 2.45) is 5.41 Å². The van der Waals surface area contributed by atoms with Gasteiger partial charge in [0.25, 0.3) is 0 Å². The average molecular weight is 182 g/mol. The van der Waals surface area contributed by atoms with Crippen molar-refractivity contribution < 1.29 is 14.3 Å². The molecular formula is C10H14O3. The molecular weight excluding hydrogens is 168 g/mol. The Morgan fingerprint density at radius 3 is 3.31 bits per heavy atom. The first-order valence-electron chi connectivity index (χ1n) is 4.80. The molecule has 0 saturated carbocycles. The molecule has 0 aromatic heterocycles. The van der Waals surface area contributed by atoms with Crippen LogP contribution in [0.4, 0.5) is 0 Å². The van der Waals surface area contributed by atoms with E-state index < -0.39 is 5.41 Å². The van der Waals surface area contributed by atoms with Crippen molar-refractivity contribution in [3.8, 4) is 0 Å². The highest BCUT2D eigenvalue weighted by atomic mass is 16.5. The summed E-state index contributed by atoms with van der Waals surface area (Å²) in [7, 11) is 0. The number of hydrogen-bond acceptors (Lipinski definition) is 3. The zero-order valence-electron chi connectivity index (χ0n) is 7.84. The molecule has 2 aliphatic rings. The van der Waals surface area contributed by atoms with Gasteiger partial charge >= 0.3 is 5.97 Å². The number of rotatable bonds is 2. The van der Waals surface area contributed by atoms with Crippen molar-refractivity contribution in [3.05, 3.63) is 11.8 Å². The van der Waals surface area contributed by atoms with Crippen LogP contribution in [0.3, 0.4) is 0 Å². The summed E-state index contributed by atoms with van der Waals surface area (Å²) in [6.45, 7) is 2.95. The lowest BCUT2D eigenvalue weighted by molar-refractivity contribution is -0.153. The standard InChI is InChI=1S/C10H14O3/c1-2-12-9(11)10-5-3-4-8(10)13-7-6-10/h4H,2-3,5-7H2,1H3. The molecule has 3 nitrogen and oxygen atoms in total. The predicted octanol–water partition coefficient (Wildman–Crippen LogP) is 1.63. The summed E-state index contributed by atoms with van der Waals surface area (Å²) in [5.74, 6) is 0.752. The molecule has 1 saturated heterocycles. The second-order valence-electron chi connectivity index (χ2n) is 3.51. The van der Waals surface area contributed by atoms with Gasteiger partial charge in [0.05, 0.1) is 13.2 Å². The molecule has 1 fully saturated rings. The smallest absolute Gasteiger partial charge is 0.319 e. The molecule has 0 N–H and O–H groups in total. The normalized spacial score (nSPS) is 30.7. The molecule has 1 unspecified atom stereocenters. The van der Waals surface area contributed by atoms with E-state index in [2.05, 4.69) is 0 Å². The van der Waals surface area contributed by atoms with Crippen LogP contribution in [0.2, 0.25) is 0 Å². The van der Waals surface area contributed by atoms with Gasteiger partial charge in [-0.3, -0.25) is 4.79 Å². The number of hydrogen-bond donors (Lipinski definition) is 0. The maximum atomic E-state index is 11.7. The van der Waals surface area contributed by atoms with E-state index in [1.54, 1.807) is 0 Å². The van der Waals surface area contributed by atoms with Gasteiger partial charge < -0.3 is 9.47 Å². The summed E-state index contributed by atoms with van der Waals surface area (Å²) >= 11 is 0. The van der Waals surface area contributed by atoms with Crippen LogP contribution >= 0.6 is 0 Å². The van der Waals surface area contributed by atoms with Crippen molar-refractivity contribution in [1.29, 1.82) is 0 Å². The summed E-state index contributed by atoms with van der Waals surface area (Å²) in [6, 6.07) is 0. The van der Waals surface area contributed by atoms with Crippen molar-refractivity contribution in [2.75, 3.05) is 13.2 Å². The summed E-state index contributed by atoms with van der Waals surface area (Å²) < 4.78 is 10.5. The van der Waals surface area contributed by atoms with Gasteiger partial charge in [-0.05, 0) is 25.8 Å². The quantitative estimate of drug-likeness (QED) is 0.609. The minimum absolute atomic E-state index is 0.101. The lowest BCUT2D eigenvalue weighted by Crippen LogP contribution is -2.29. The molecule has 13 heavy (non-hydrogen) atoms. The molecule has 1 aliphatic carbocycles. The Balaban J connectivity index is 2.19. The molecule has 1 heterocycles. The predicted molar refractivity (Wildman–Crippen MR) is 47.0 cm³/mol. The molecule has 1 atom stereocenters. The fraction of sp³-hybridized carbons (Fsp3) is 0.700. The molecule has 0 aromatic carbocycles. The molecule has 0 aromatic rings. The first-order valence-corrected chi connectivity index (χ1v) is 4.80. The van der Waals surface area contributed by atoms with E-state index in [4.69, 9.17) is 9.47 Å². The van der Waals surface area contributed by atoms with E-state index >= 15 is 0 Å². The Hall–Kier alpha value is -0.990. The number of fused-ring (bicyclic) bond motifs is 1. The summed E-state index contributed by atoms with van der Waals surface area (Å²) in [5, 5.41) is 0. The Morgan fingerprint density at radius 1 is 1.69 bits per heavy atom. The molecule has 0 spiro atoms. The first-order chi connectivity index (χ1) is 6.29. The van der Waals surface area contributed by atoms with Crippen molar-refractivity contribution in [1.82, 2.24) is 0 Å². The van der Waals surface area contributed by atoms with E-state index in [0.717, 1.165) is 25.0 Å². The Labute approximate surface area is 77.7 Å². The van der Waals surface area contributed by atoms with Gasteiger partial charge in [0.2, 0.25) is 0 Å². The second kappa shape index (κ2) is 3.05. The highest BCUT2D eigenvalue weighted by Crippen LogP contribution is 2.47. The van der Waals surface area contributed by atoms with E-state index in [0.29, 0.717) is 13.2 Å². The van der Waals surface area contributed by atoms with Gasteiger partial charge in [-0.15, -0.1) is 0 Å². The van der Waals surface area contributed by atoms with Crippen LogP contribution in [-0.4, -0.2) is 19.2 Å². The number of esters is 1. The van der Waals surface area contributed by atoms with Crippen LogP contribution in [0.15, 0.2) is 11.8 Å². The van der Waals surface area contributed by atoms with Crippen molar-refractivity contribution >= 4 is 5.97 Å². The van der Waals surface area contributed by atoms with Crippen LogP contribution in [0, 0.1) is 5.41 Å². The average Bonchev–Trinajstić information content (AvgIpc) is 2.61. The number of ether oxygens (including phenoxy) is 2. The largest absolute Gasteiger partial charge is 0.497 e. The zero-order valence-corrected chi connectivity index (χ0v) is 7.84. The lowest BCUT2D eigenvalue weighted by Gasteiger charge is -2.20. The second-order valence-corrected chi connectivity index (χ2v) is 3.51. The fourth-order valence-corrected chi connectivity index (χ4v) is 2.12. The maximum Gasteiger partial charge on any atom is 0.319 e. The first kappa shape index (κ1) is 8.60. The third kappa shape index (κ3) is 1.14. The van der Waals surface area contributed by atoms with Crippen LogP contribution < -0.4 is 0 Å². The zero-order chi connectivity index (χ0) is 9.31. The van der Waals surface area contributed by atoms with Crippen LogP contribution in [0.5, 0.6) is 0 Å². The van der Waals surface area contributed by atoms with Gasteiger partial charge in [-0.2, -0.15) is 0 Å². The van der Waals surface area contributed by atoms with Gasteiger partial charge in [-0.25, -0.2) is 0 Å². The molecule has 2 rings (SSSR count). The van der Waals surface area contributed by atoms with Crippen molar-refractivity contribution in [2.45, 2.75) is 26.2 Å². The molecule has 0 amide bonds. The fourth-order valence-electron chi connectivity index (χ4n) is 2.12. The van der Waals surface area contributed by atoms with E-state index in [1.807, 2.05) is 13.0 Å². The monoisotopic (exact) mass is 182 g/mol. The highest BCUT2D eigenvalue weighted by molar-refractivity contribution is 5.81. The van der Waals surface area contributed by atoms with Gasteiger partial charge in [0, 0.05) is 6.42 Å². The van der Waals surface area contributed by atoms with Gasteiger partial charge in [-0.1, -0.05) is 0 Å². The lowest BCUT2D eigenvalue weighted by atomic mass is 9.84. The van der Waals surface area contributed by atoms with Crippen LogP contribution in [0.1, 0.15) is 26.2 Å². The minimum Gasteiger partial charge on any atom is -0.497 e. The summed E-state index contributed by atoms with van der Waals surface area (Å²) in [5.41, 5.74) is -0.407. The Morgan fingerprint density at radius 2 is 2.54 bits per heavy atom. The SMILES string of the molecule is CCOC(=O)C12CCC=C1OCC2. The summed E-state index contributed by atoms with van der Waals surface area (Å²) in [4.78, 5) is 11.7. The third-order valence-corrected chi connectivity index (χ3v) is 2.83. The van der Waals surface area contributed by atoms with Crippen LogP contribution in [0.25, 0.3) is 0 Å². The molecule has 0 radical (unpaired) electrons. The summed E-state index contributed by atoms with van der Waals surface area (Å²) in [6.07, 6.45) is 4.61. The van der Waals surface area contributed by atoms with E-state index in [9.17, 15) is 4.79 Å². The molecule has 1 aliphatic heterocycles. The van der Waals surface area contributed by atoms with Gasteiger partial charge in [0.15, 0.2) is 0 Å². The van der Waals surface area contributed by atoms with Crippen LogP contribution in [-0.2, 0) is 14.3 Å². The maximum absolute atomic E-state index is 11.7. The van der Waals surface area contributed by atoms with Gasteiger partial charge in [0.1, 0.15) is 11.2 Å². The highest BCUT2D eigenvalue weighted by Gasteiger charge is 2.50. The van der Waals surface area contributed by atoms with E-state index in [-0.39, 0.29) is 5.97 Å². The number of carbonyl (C=O) groups is 1.